The van der Waals surface area contributed by atoms with Gasteiger partial charge >= 0.3 is 6.03 Å². The maximum absolute atomic E-state index is 13.2. The first-order valence-corrected chi connectivity index (χ1v) is 13.5. The summed E-state index contributed by atoms with van der Waals surface area (Å²) in [6.45, 7) is 4.32. The van der Waals surface area contributed by atoms with Gasteiger partial charge < -0.3 is 19.7 Å². The maximum Gasteiger partial charge on any atom is 0.321 e. The second-order valence-electron chi connectivity index (χ2n) is 6.75. The van der Waals surface area contributed by atoms with E-state index in [1.807, 2.05) is 19.9 Å². The quantitative estimate of drug-likeness (QED) is 0.351. The van der Waals surface area contributed by atoms with Crippen LogP contribution < -0.4 is 5.32 Å². The fourth-order valence-corrected chi connectivity index (χ4v) is 5.89. The molecule has 0 aliphatic rings. The number of carbonyl (C=O) groups excluding carboxylic acids is 1. The lowest BCUT2D eigenvalue weighted by Gasteiger charge is -2.22. The fraction of sp³-hybridized carbons (Fsp3) is 0.409. The first kappa shape index (κ1) is 26.5. The summed E-state index contributed by atoms with van der Waals surface area (Å²) < 4.78 is 36.7. The Hall–Kier alpha value is -1.72. The molecule has 0 saturated heterocycles. The van der Waals surface area contributed by atoms with E-state index >= 15 is 0 Å². The van der Waals surface area contributed by atoms with Gasteiger partial charge in [-0.25, -0.2) is 13.2 Å². The smallest absolute Gasteiger partial charge is 0.321 e. The summed E-state index contributed by atoms with van der Waals surface area (Å²) in [5.74, 6) is 1.72. The van der Waals surface area contributed by atoms with Crippen LogP contribution in [0, 0.1) is 0 Å². The van der Waals surface area contributed by atoms with Crippen LogP contribution >= 0.6 is 23.5 Å². The van der Waals surface area contributed by atoms with E-state index in [1.165, 1.54) is 31.3 Å². The van der Waals surface area contributed by atoms with Gasteiger partial charge in [-0.1, -0.05) is 13.8 Å². The van der Waals surface area contributed by atoms with Crippen molar-refractivity contribution < 1.29 is 22.7 Å². The van der Waals surface area contributed by atoms with Crippen LogP contribution in [0.2, 0.25) is 0 Å². The van der Waals surface area contributed by atoms with Crippen LogP contribution in [0.15, 0.2) is 62.0 Å². The van der Waals surface area contributed by atoms with E-state index in [-0.39, 0.29) is 22.4 Å². The average molecular weight is 499 g/mol. The standard InChI is InChI=1S/C22H30N2O5S3/c1-6-30-17-12-18(31-7-2)14-20(13-17)32(26,27)19-10-8-16(9-11-19)23-22(25)24(3)15-21(28-4)29-5/h8-14,21H,6-7,15H2,1-5H3,(H,23,25). The molecule has 0 radical (unpaired) electrons. The van der Waals surface area contributed by atoms with Crippen LogP contribution in [0.3, 0.4) is 0 Å². The lowest BCUT2D eigenvalue weighted by Crippen LogP contribution is -2.38. The van der Waals surface area contributed by atoms with Crippen molar-refractivity contribution in [1.29, 1.82) is 0 Å². The molecule has 2 rings (SSSR count). The Morgan fingerprint density at radius 1 is 0.969 bits per heavy atom. The zero-order valence-corrected chi connectivity index (χ0v) is 21.4. The van der Waals surface area contributed by atoms with Crippen molar-refractivity contribution in [3.05, 3.63) is 42.5 Å². The van der Waals surface area contributed by atoms with E-state index in [1.54, 1.807) is 54.8 Å². The molecule has 0 bridgehead atoms. The van der Waals surface area contributed by atoms with Crippen molar-refractivity contribution in [3.63, 3.8) is 0 Å². The Morgan fingerprint density at radius 2 is 1.50 bits per heavy atom. The normalized spacial score (nSPS) is 11.6. The van der Waals surface area contributed by atoms with E-state index < -0.39 is 16.1 Å². The molecule has 176 valence electrons. The van der Waals surface area contributed by atoms with Gasteiger partial charge in [-0.3, -0.25) is 0 Å². The van der Waals surface area contributed by atoms with Gasteiger partial charge in [-0.05, 0) is 54.0 Å². The summed E-state index contributed by atoms with van der Waals surface area (Å²) in [4.78, 5) is 16.1. The molecule has 0 aliphatic carbocycles. The van der Waals surface area contributed by atoms with Crippen molar-refractivity contribution in [3.8, 4) is 0 Å². The summed E-state index contributed by atoms with van der Waals surface area (Å²) in [7, 11) is 0.929. The minimum Gasteiger partial charge on any atom is -0.354 e. The number of nitrogens with one attached hydrogen (secondary N) is 1. The van der Waals surface area contributed by atoms with Crippen molar-refractivity contribution in [2.75, 3.05) is 44.6 Å². The Morgan fingerprint density at radius 3 is 1.97 bits per heavy atom. The Labute approximate surface area is 199 Å². The van der Waals surface area contributed by atoms with Crippen molar-refractivity contribution in [2.24, 2.45) is 0 Å². The number of hydrogen-bond donors (Lipinski definition) is 1. The Kier molecular flexibility index (Phi) is 10.4. The van der Waals surface area contributed by atoms with Gasteiger partial charge in [-0.15, -0.1) is 23.5 Å². The van der Waals surface area contributed by atoms with E-state index in [0.717, 1.165) is 21.3 Å². The topological polar surface area (TPSA) is 84.9 Å². The third-order valence-electron chi connectivity index (χ3n) is 4.50. The van der Waals surface area contributed by atoms with Crippen LogP contribution in [0.25, 0.3) is 0 Å². The molecular formula is C22H30N2O5S3. The Bertz CT molecular complexity index is 969. The van der Waals surface area contributed by atoms with E-state index in [4.69, 9.17) is 9.47 Å². The van der Waals surface area contributed by atoms with Crippen molar-refractivity contribution >= 4 is 45.1 Å². The first-order valence-electron chi connectivity index (χ1n) is 10.1. The highest BCUT2D eigenvalue weighted by atomic mass is 32.2. The molecule has 2 amide bonds. The molecule has 0 heterocycles. The maximum atomic E-state index is 13.2. The monoisotopic (exact) mass is 498 g/mol. The predicted molar refractivity (Wildman–Crippen MR) is 131 cm³/mol. The van der Waals surface area contributed by atoms with Gasteiger partial charge in [0.2, 0.25) is 9.84 Å². The number of urea groups is 1. The van der Waals surface area contributed by atoms with Gasteiger partial charge in [-0.2, -0.15) is 0 Å². The number of methoxy groups -OCH3 is 2. The van der Waals surface area contributed by atoms with Crippen LogP contribution in [-0.4, -0.2) is 65.0 Å². The van der Waals surface area contributed by atoms with Gasteiger partial charge in [0.25, 0.3) is 0 Å². The lowest BCUT2D eigenvalue weighted by molar-refractivity contribution is -0.108. The third-order valence-corrected chi connectivity index (χ3v) is 7.96. The second-order valence-corrected chi connectivity index (χ2v) is 11.4. The molecule has 0 atom stereocenters. The summed E-state index contributed by atoms with van der Waals surface area (Å²) >= 11 is 3.22. The van der Waals surface area contributed by atoms with Crippen LogP contribution in [0.1, 0.15) is 13.8 Å². The number of thioether (sulfide) groups is 2. The van der Waals surface area contributed by atoms with Gasteiger partial charge in [0.1, 0.15) is 0 Å². The minimum absolute atomic E-state index is 0.175. The summed E-state index contributed by atoms with van der Waals surface area (Å²) in [6, 6.07) is 11.3. The number of ether oxygens (including phenoxy) is 2. The molecule has 7 nitrogen and oxygen atoms in total. The van der Waals surface area contributed by atoms with Crippen LogP contribution in [-0.2, 0) is 19.3 Å². The molecule has 0 aliphatic heterocycles. The number of likely N-dealkylation sites (N-methyl/N-ethyl adjacent to an activating group) is 1. The van der Waals surface area contributed by atoms with Crippen molar-refractivity contribution in [1.82, 2.24) is 4.90 Å². The molecule has 10 heteroatoms. The van der Waals surface area contributed by atoms with Crippen molar-refractivity contribution in [2.45, 2.75) is 39.7 Å². The molecule has 0 aromatic heterocycles. The number of carbonyl (C=O) groups is 1. The minimum atomic E-state index is -3.69. The predicted octanol–water partition coefficient (Wildman–Crippen LogP) is 4.83. The second kappa shape index (κ2) is 12.5. The number of rotatable bonds is 11. The number of sulfone groups is 1. The highest BCUT2D eigenvalue weighted by molar-refractivity contribution is 8.00. The van der Waals surface area contributed by atoms with E-state index in [2.05, 4.69) is 5.32 Å². The zero-order valence-electron chi connectivity index (χ0n) is 19.0. The molecule has 32 heavy (non-hydrogen) atoms. The highest BCUT2D eigenvalue weighted by Gasteiger charge is 2.20. The molecule has 0 fully saturated rings. The molecule has 0 saturated carbocycles. The first-order chi connectivity index (χ1) is 15.2. The number of nitrogens with zero attached hydrogens (tertiary/aromatic N) is 1. The molecular weight excluding hydrogens is 468 g/mol. The molecule has 2 aromatic rings. The molecule has 0 unspecified atom stereocenters. The van der Waals surface area contributed by atoms with Gasteiger partial charge in [0.15, 0.2) is 6.29 Å². The number of benzene rings is 2. The van der Waals surface area contributed by atoms with Crippen LogP contribution in [0.4, 0.5) is 10.5 Å². The molecule has 1 N–H and O–H groups in total. The van der Waals surface area contributed by atoms with Crippen LogP contribution in [0.5, 0.6) is 0 Å². The van der Waals surface area contributed by atoms with E-state index in [0.29, 0.717) is 5.69 Å². The summed E-state index contributed by atoms with van der Waals surface area (Å²) in [5, 5.41) is 2.74. The van der Waals surface area contributed by atoms with Gasteiger partial charge in [0, 0.05) is 36.7 Å². The SMILES string of the molecule is CCSc1cc(SCC)cc(S(=O)(=O)c2ccc(NC(=O)N(C)CC(OC)OC)cc2)c1. The Balaban J connectivity index is 2.20. The summed E-state index contributed by atoms with van der Waals surface area (Å²) in [6.07, 6.45) is -0.532. The highest BCUT2D eigenvalue weighted by Crippen LogP contribution is 2.32. The van der Waals surface area contributed by atoms with Gasteiger partial charge in [0.05, 0.1) is 16.3 Å². The lowest BCUT2D eigenvalue weighted by atomic mass is 10.3. The molecule has 0 spiro atoms. The molecule has 2 aromatic carbocycles. The number of anilines is 1. The third kappa shape index (κ3) is 7.14. The largest absolute Gasteiger partial charge is 0.354 e. The zero-order chi connectivity index (χ0) is 23.7. The fourth-order valence-electron chi connectivity index (χ4n) is 2.83. The van der Waals surface area contributed by atoms with E-state index in [9.17, 15) is 13.2 Å². The number of hydrogen-bond acceptors (Lipinski definition) is 7. The summed E-state index contributed by atoms with van der Waals surface area (Å²) in [5.41, 5.74) is 0.490. The average Bonchev–Trinajstić information content (AvgIpc) is 2.78. The number of amides is 2.